The average Bonchev–Trinajstić information content (AvgIpc) is 3.65. The van der Waals surface area contributed by atoms with Gasteiger partial charge in [0.05, 0.1) is 11.4 Å². The van der Waals surface area contributed by atoms with Crippen molar-refractivity contribution in [2.45, 2.75) is 0 Å². The summed E-state index contributed by atoms with van der Waals surface area (Å²) < 4.78 is 6.08. The summed E-state index contributed by atoms with van der Waals surface area (Å²) in [6.07, 6.45) is 3.67. The minimum Gasteiger partial charge on any atom is -0.456 e. The van der Waals surface area contributed by atoms with Gasteiger partial charge in [0.1, 0.15) is 11.2 Å². The summed E-state index contributed by atoms with van der Waals surface area (Å²) in [5.74, 6) is 0.673. The predicted octanol–water partition coefficient (Wildman–Crippen LogP) is 13.4. The van der Waals surface area contributed by atoms with Gasteiger partial charge in [0.2, 0.25) is 0 Å². The second kappa shape index (κ2) is 13.8. The van der Waals surface area contributed by atoms with Crippen LogP contribution < -0.4 is 0 Å². The number of hydrogen-bond acceptors (Lipinski definition) is 4. The summed E-state index contributed by atoms with van der Waals surface area (Å²) in [5, 5.41) is 2.24. The van der Waals surface area contributed by atoms with Crippen LogP contribution in [0.15, 0.2) is 205 Å². The number of aromatic nitrogens is 3. The summed E-state index contributed by atoms with van der Waals surface area (Å²) in [4.78, 5) is 14.6. The molecule has 0 radical (unpaired) electrons. The average molecular weight is 704 g/mol. The van der Waals surface area contributed by atoms with E-state index in [9.17, 15) is 0 Å². The first kappa shape index (κ1) is 32.2. The molecule has 0 fully saturated rings. The maximum Gasteiger partial charge on any atom is 0.160 e. The van der Waals surface area contributed by atoms with Crippen molar-refractivity contribution >= 4 is 21.9 Å². The van der Waals surface area contributed by atoms with Crippen LogP contribution in [0.25, 0.3) is 100 Å². The zero-order valence-electron chi connectivity index (χ0n) is 29.8. The van der Waals surface area contributed by atoms with Crippen molar-refractivity contribution in [3.05, 3.63) is 200 Å². The van der Waals surface area contributed by atoms with E-state index in [1.54, 1.807) is 6.20 Å². The van der Waals surface area contributed by atoms with E-state index in [0.29, 0.717) is 5.82 Å². The Morgan fingerprint density at radius 3 is 1.36 bits per heavy atom. The van der Waals surface area contributed by atoms with Gasteiger partial charge in [0, 0.05) is 39.9 Å². The lowest BCUT2D eigenvalue weighted by Gasteiger charge is -2.11. The summed E-state index contributed by atoms with van der Waals surface area (Å²) >= 11 is 0. The summed E-state index contributed by atoms with van der Waals surface area (Å²) in [6.45, 7) is 0. The zero-order valence-corrected chi connectivity index (χ0v) is 29.8. The number of rotatable bonds is 7. The highest BCUT2D eigenvalue weighted by atomic mass is 16.3. The molecule has 3 aromatic heterocycles. The molecule has 0 bridgehead atoms. The molecule has 3 heterocycles. The van der Waals surface area contributed by atoms with Crippen LogP contribution in [0.2, 0.25) is 0 Å². The molecule has 7 aromatic carbocycles. The van der Waals surface area contributed by atoms with Gasteiger partial charge in [-0.15, -0.1) is 0 Å². The maximum atomic E-state index is 6.08. The highest BCUT2D eigenvalue weighted by Gasteiger charge is 2.13. The smallest absolute Gasteiger partial charge is 0.160 e. The Kier molecular flexibility index (Phi) is 8.12. The van der Waals surface area contributed by atoms with Crippen molar-refractivity contribution in [1.29, 1.82) is 0 Å². The van der Waals surface area contributed by atoms with Gasteiger partial charge in [-0.05, 0) is 74.8 Å². The molecule has 0 aliphatic carbocycles. The highest BCUT2D eigenvalue weighted by molar-refractivity contribution is 6.06. The first-order valence-electron chi connectivity index (χ1n) is 18.4. The van der Waals surface area contributed by atoms with Gasteiger partial charge in [-0.3, -0.25) is 4.98 Å². The van der Waals surface area contributed by atoms with Crippen molar-refractivity contribution in [3.8, 4) is 78.4 Å². The number of para-hydroxylation sites is 1. The Bertz CT molecular complexity index is 2920. The van der Waals surface area contributed by atoms with Crippen molar-refractivity contribution < 1.29 is 4.42 Å². The van der Waals surface area contributed by atoms with Gasteiger partial charge in [-0.2, -0.15) is 0 Å². The fourth-order valence-corrected chi connectivity index (χ4v) is 7.28. The number of fused-ring (bicyclic) bond motifs is 3. The third-order valence-electron chi connectivity index (χ3n) is 10.3. The number of nitrogens with zero attached hydrogens (tertiary/aromatic N) is 3. The number of pyridine rings is 1. The van der Waals surface area contributed by atoms with E-state index in [-0.39, 0.29) is 0 Å². The van der Waals surface area contributed by atoms with Gasteiger partial charge in [0.25, 0.3) is 0 Å². The van der Waals surface area contributed by atoms with Gasteiger partial charge in [0.15, 0.2) is 5.82 Å². The molecule has 258 valence electrons. The molecule has 4 heteroatoms. The molecule has 10 rings (SSSR count). The molecule has 0 amide bonds. The van der Waals surface area contributed by atoms with Gasteiger partial charge in [-0.1, -0.05) is 158 Å². The van der Waals surface area contributed by atoms with Crippen LogP contribution in [0.3, 0.4) is 0 Å². The summed E-state index contributed by atoms with van der Waals surface area (Å²) in [7, 11) is 0. The molecule has 0 saturated heterocycles. The molecule has 55 heavy (non-hydrogen) atoms. The lowest BCUT2D eigenvalue weighted by atomic mass is 9.98. The van der Waals surface area contributed by atoms with Crippen molar-refractivity contribution in [2.24, 2.45) is 0 Å². The first-order chi connectivity index (χ1) is 27.2. The Morgan fingerprint density at radius 2 is 0.764 bits per heavy atom. The summed E-state index contributed by atoms with van der Waals surface area (Å²) in [6, 6.07) is 65.6. The molecule has 0 aliphatic rings. The van der Waals surface area contributed by atoms with Crippen molar-refractivity contribution in [3.63, 3.8) is 0 Å². The number of hydrogen-bond donors (Lipinski definition) is 0. The molecule has 0 unspecified atom stereocenters. The van der Waals surface area contributed by atoms with E-state index in [1.165, 1.54) is 16.7 Å². The minimum atomic E-state index is 0.673. The molecule has 10 aromatic rings. The summed E-state index contributed by atoms with van der Waals surface area (Å²) in [5.41, 5.74) is 15.7. The normalized spacial score (nSPS) is 11.3. The first-order valence-corrected chi connectivity index (χ1v) is 18.4. The SMILES string of the molecule is c1ccc(-c2ccc(-c3ccc(-c4cc(-c5ccc(-c6ccc7oc8ccccc8c7c6)cc5)nc(-c5ccc(-c6cccnc6)cc5)n4)cc3)cc2)cc1. The standard InChI is InChI=1S/C51H33N3O/c1-2-7-34(8-3-1)35-12-14-36(15-13-35)37-16-22-40(23-17-37)47-32-48(54-51(53-47)42-26-20-39(21-27-42)44-9-6-30-52-33-44)41-24-18-38(19-25-41)43-28-29-50-46(31-43)45-10-4-5-11-49(45)55-50/h1-33H. The molecule has 0 aliphatic heterocycles. The third kappa shape index (κ3) is 6.36. The van der Waals surface area contributed by atoms with Crippen LogP contribution in [0.4, 0.5) is 0 Å². The van der Waals surface area contributed by atoms with E-state index < -0.39 is 0 Å². The Hall–Kier alpha value is -7.43. The van der Waals surface area contributed by atoms with Crippen LogP contribution in [0, 0.1) is 0 Å². The van der Waals surface area contributed by atoms with E-state index in [4.69, 9.17) is 14.4 Å². The van der Waals surface area contributed by atoms with Gasteiger partial charge >= 0.3 is 0 Å². The van der Waals surface area contributed by atoms with Gasteiger partial charge in [-0.25, -0.2) is 9.97 Å². The second-order valence-electron chi connectivity index (χ2n) is 13.7. The Labute approximate surface area is 319 Å². The van der Waals surface area contributed by atoms with Crippen LogP contribution in [-0.2, 0) is 0 Å². The molecule has 0 N–H and O–H groups in total. The number of benzene rings is 7. The van der Waals surface area contributed by atoms with Crippen LogP contribution in [0.1, 0.15) is 0 Å². The Balaban J connectivity index is 0.998. The quantitative estimate of drug-likeness (QED) is 0.166. The minimum absolute atomic E-state index is 0.673. The van der Waals surface area contributed by atoms with Crippen LogP contribution >= 0.6 is 0 Å². The van der Waals surface area contributed by atoms with E-state index in [0.717, 1.165) is 77.8 Å². The van der Waals surface area contributed by atoms with E-state index in [1.807, 2.05) is 30.5 Å². The lowest BCUT2D eigenvalue weighted by molar-refractivity contribution is 0.669. The Morgan fingerprint density at radius 1 is 0.309 bits per heavy atom. The molecule has 0 saturated carbocycles. The second-order valence-corrected chi connectivity index (χ2v) is 13.7. The van der Waals surface area contributed by atoms with E-state index in [2.05, 4.69) is 169 Å². The maximum absolute atomic E-state index is 6.08. The predicted molar refractivity (Wildman–Crippen MR) is 225 cm³/mol. The third-order valence-corrected chi connectivity index (χ3v) is 10.3. The van der Waals surface area contributed by atoms with Crippen molar-refractivity contribution in [1.82, 2.24) is 15.0 Å². The van der Waals surface area contributed by atoms with Gasteiger partial charge < -0.3 is 4.42 Å². The lowest BCUT2D eigenvalue weighted by Crippen LogP contribution is -1.96. The highest BCUT2D eigenvalue weighted by Crippen LogP contribution is 2.35. The van der Waals surface area contributed by atoms with Crippen LogP contribution in [0.5, 0.6) is 0 Å². The fraction of sp³-hybridized carbons (Fsp3) is 0. The largest absolute Gasteiger partial charge is 0.456 e. The molecular weight excluding hydrogens is 671 g/mol. The zero-order chi connectivity index (χ0) is 36.6. The molecule has 4 nitrogen and oxygen atoms in total. The number of furan rings is 1. The topological polar surface area (TPSA) is 51.8 Å². The molecule has 0 spiro atoms. The van der Waals surface area contributed by atoms with Crippen LogP contribution in [-0.4, -0.2) is 15.0 Å². The van der Waals surface area contributed by atoms with E-state index >= 15 is 0 Å². The molecule has 0 atom stereocenters. The van der Waals surface area contributed by atoms with Crippen molar-refractivity contribution in [2.75, 3.05) is 0 Å². The molecular formula is C51H33N3O. The monoisotopic (exact) mass is 703 g/mol. The fourth-order valence-electron chi connectivity index (χ4n) is 7.28.